The topological polar surface area (TPSA) is 83.3 Å². The first-order valence-electron chi connectivity index (χ1n) is 8.71. The lowest BCUT2D eigenvalue weighted by Crippen LogP contribution is -3.15. The Morgan fingerprint density at radius 1 is 1.28 bits per heavy atom. The van der Waals surface area contributed by atoms with Crippen LogP contribution in [0.4, 0.5) is 4.79 Å². The van der Waals surface area contributed by atoms with Gasteiger partial charge in [-0.05, 0) is 19.4 Å². The van der Waals surface area contributed by atoms with Gasteiger partial charge >= 0.3 is 6.03 Å². The van der Waals surface area contributed by atoms with E-state index >= 15 is 0 Å². The quantitative estimate of drug-likeness (QED) is 0.599. The van der Waals surface area contributed by atoms with Gasteiger partial charge in [-0.2, -0.15) is 0 Å². The van der Waals surface area contributed by atoms with E-state index in [-0.39, 0.29) is 12.5 Å². The second kappa shape index (κ2) is 7.11. The molecule has 0 unspecified atom stereocenters. The molecule has 1 aromatic carbocycles. The number of hydrogen-bond acceptors (Lipinski definition) is 4. The molecule has 2 aliphatic heterocycles. The number of carbonyl (C=O) groups excluding carboxylic acids is 2. The molecule has 0 aromatic heterocycles. The molecule has 2 saturated heterocycles. The molecule has 0 saturated carbocycles. The van der Waals surface area contributed by atoms with Crippen LogP contribution in [0, 0.1) is 6.92 Å². The highest BCUT2D eigenvalue weighted by atomic mass is 16.5. The number of imide groups is 1. The lowest BCUT2D eigenvalue weighted by atomic mass is 9.91. The summed E-state index contributed by atoms with van der Waals surface area (Å²) in [6, 6.07) is 7.08. The fraction of sp³-hybridized carbons (Fsp3) is 0.556. The molecule has 0 bridgehead atoms. The Kier molecular flexibility index (Phi) is 5.08. The van der Waals surface area contributed by atoms with Crippen LogP contribution >= 0.6 is 0 Å². The zero-order chi connectivity index (χ0) is 18.0. The van der Waals surface area contributed by atoms with Crippen molar-refractivity contribution in [1.29, 1.82) is 0 Å². The number of quaternary nitrogens is 1. The van der Waals surface area contributed by atoms with Gasteiger partial charge in [-0.1, -0.05) is 29.8 Å². The van der Waals surface area contributed by atoms with Crippen molar-refractivity contribution in [3.05, 3.63) is 35.4 Å². The molecule has 3 amide bonds. The number of morpholine rings is 1. The molecule has 2 atom stereocenters. The zero-order valence-electron chi connectivity index (χ0n) is 14.7. The van der Waals surface area contributed by atoms with Crippen LogP contribution in [0.1, 0.15) is 18.1 Å². The summed E-state index contributed by atoms with van der Waals surface area (Å²) >= 11 is 0. The maximum absolute atomic E-state index is 12.9. The van der Waals surface area contributed by atoms with Gasteiger partial charge in [0.15, 0.2) is 0 Å². The van der Waals surface area contributed by atoms with Crippen molar-refractivity contribution < 1.29 is 24.3 Å². The molecule has 3 rings (SSSR count). The Morgan fingerprint density at radius 2 is 1.92 bits per heavy atom. The number of ether oxygens (including phenoxy) is 1. The third-order valence-corrected chi connectivity index (χ3v) is 5.02. The number of aryl methyl sites for hydroxylation is 1. The predicted molar refractivity (Wildman–Crippen MR) is 91.2 cm³/mol. The molecule has 2 aliphatic rings. The second-order valence-electron chi connectivity index (χ2n) is 7.06. The van der Waals surface area contributed by atoms with E-state index in [2.05, 4.69) is 5.32 Å². The third-order valence-electron chi connectivity index (χ3n) is 5.02. The Hall–Kier alpha value is -1.96. The molecular formula is C18H26N3O4+. The van der Waals surface area contributed by atoms with Crippen molar-refractivity contribution in [1.82, 2.24) is 10.2 Å². The molecule has 2 heterocycles. The number of nitrogens with zero attached hydrogens (tertiary/aromatic N) is 1. The number of aliphatic hydroxyl groups excluding tert-OH is 1. The molecule has 0 spiro atoms. The SMILES string of the molecule is Cc1ccc([C@@]2(C)NC(=O)N(C[C@H](O)C[NH+]3CCOCC3)C2=O)cc1. The fourth-order valence-corrected chi connectivity index (χ4v) is 3.42. The minimum atomic E-state index is -1.09. The van der Waals surface area contributed by atoms with Gasteiger partial charge in [-0.15, -0.1) is 0 Å². The molecule has 2 fully saturated rings. The van der Waals surface area contributed by atoms with Crippen molar-refractivity contribution in [2.45, 2.75) is 25.5 Å². The molecule has 0 radical (unpaired) electrons. The molecular weight excluding hydrogens is 322 g/mol. The number of hydrogen-bond donors (Lipinski definition) is 3. The molecule has 136 valence electrons. The Bertz CT molecular complexity index is 642. The fourth-order valence-electron chi connectivity index (χ4n) is 3.42. The van der Waals surface area contributed by atoms with E-state index in [1.165, 1.54) is 4.90 Å². The van der Waals surface area contributed by atoms with Gasteiger partial charge in [0.1, 0.15) is 31.3 Å². The highest BCUT2D eigenvalue weighted by Gasteiger charge is 2.49. The number of amides is 3. The highest BCUT2D eigenvalue weighted by molar-refractivity contribution is 6.07. The van der Waals surface area contributed by atoms with Crippen LogP contribution in [0.25, 0.3) is 0 Å². The molecule has 0 aliphatic carbocycles. The van der Waals surface area contributed by atoms with Crippen LogP contribution in [-0.2, 0) is 15.1 Å². The van der Waals surface area contributed by atoms with Gasteiger partial charge < -0.3 is 20.1 Å². The van der Waals surface area contributed by atoms with Crippen LogP contribution < -0.4 is 10.2 Å². The van der Waals surface area contributed by atoms with Crippen molar-refractivity contribution in [3.8, 4) is 0 Å². The first kappa shape index (κ1) is 17.8. The van der Waals surface area contributed by atoms with Gasteiger partial charge in [-0.3, -0.25) is 9.69 Å². The zero-order valence-corrected chi connectivity index (χ0v) is 14.7. The number of aliphatic hydroxyl groups is 1. The Balaban J connectivity index is 1.67. The standard InChI is InChI=1S/C18H25N3O4/c1-13-3-5-14(6-4-13)18(2)16(23)21(17(24)19-18)12-15(22)11-20-7-9-25-10-8-20/h3-6,15,22H,7-12H2,1-2H3,(H,19,24)/p+1/t15-,18-/m1/s1. The third kappa shape index (κ3) is 3.68. The summed E-state index contributed by atoms with van der Waals surface area (Å²) in [7, 11) is 0. The minimum absolute atomic E-state index is 0.0104. The largest absolute Gasteiger partial charge is 0.385 e. The average molecular weight is 348 g/mol. The molecule has 25 heavy (non-hydrogen) atoms. The first-order chi connectivity index (χ1) is 11.9. The summed E-state index contributed by atoms with van der Waals surface area (Å²) in [5.41, 5.74) is 0.744. The Morgan fingerprint density at radius 3 is 2.56 bits per heavy atom. The lowest BCUT2D eigenvalue weighted by molar-refractivity contribution is -0.910. The van der Waals surface area contributed by atoms with E-state index < -0.39 is 17.7 Å². The van der Waals surface area contributed by atoms with Crippen molar-refractivity contribution in [3.63, 3.8) is 0 Å². The van der Waals surface area contributed by atoms with Crippen LogP contribution in [0.3, 0.4) is 0 Å². The maximum Gasteiger partial charge on any atom is 0.325 e. The highest BCUT2D eigenvalue weighted by Crippen LogP contribution is 2.29. The van der Waals surface area contributed by atoms with Gasteiger partial charge in [0.05, 0.1) is 19.8 Å². The summed E-state index contributed by atoms with van der Waals surface area (Å²) in [5, 5.41) is 13.1. The van der Waals surface area contributed by atoms with Gasteiger partial charge in [-0.25, -0.2) is 4.79 Å². The van der Waals surface area contributed by atoms with E-state index in [0.29, 0.717) is 19.8 Å². The number of benzene rings is 1. The molecule has 1 aromatic rings. The van der Waals surface area contributed by atoms with Crippen molar-refractivity contribution in [2.24, 2.45) is 0 Å². The number of carbonyl (C=O) groups is 2. The second-order valence-corrected chi connectivity index (χ2v) is 7.06. The smallest absolute Gasteiger partial charge is 0.325 e. The predicted octanol–water partition coefficient (Wildman–Crippen LogP) is -0.962. The van der Waals surface area contributed by atoms with Gasteiger partial charge in [0, 0.05) is 0 Å². The van der Waals surface area contributed by atoms with E-state index in [4.69, 9.17) is 4.74 Å². The molecule has 7 nitrogen and oxygen atoms in total. The van der Waals surface area contributed by atoms with Crippen LogP contribution in [0.5, 0.6) is 0 Å². The number of β-amino-alcohol motifs (C(OH)–C–C–N with tert-alkyl or cyclic N) is 1. The average Bonchev–Trinajstić information content (AvgIpc) is 2.80. The monoisotopic (exact) mass is 348 g/mol. The van der Waals surface area contributed by atoms with Crippen molar-refractivity contribution in [2.75, 3.05) is 39.4 Å². The van der Waals surface area contributed by atoms with Gasteiger partial charge in [0.25, 0.3) is 5.91 Å². The van der Waals surface area contributed by atoms with Gasteiger partial charge in [0.2, 0.25) is 0 Å². The summed E-state index contributed by atoms with van der Waals surface area (Å²) < 4.78 is 5.30. The van der Waals surface area contributed by atoms with Crippen LogP contribution in [0.15, 0.2) is 24.3 Å². The molecule has 3 N–H and O–H groups in total. The maximum atomic E-state index is 12.9. The summed E-state index contributed by atoms with van der Waals surface area (Å²) in [5.74, 6) is -0.322. The van der Waals surface area contributed by atoms with E-state index in [1.807, 2.05) is 31.2 Å². The number of rotatable bonds is 5. The van der Waals surface area contributed by atoms with E-state index in [0.717, 1.165) is 29.1 Å². The summed E-state index contributed by atoms with van der Waals surface area (Å²) in [6.07, 6.45) is -0.747. The molecule has 7 heteroatoms. The van der Waals surface area contributed by atoms with Crippen LogP contribution in [0.2, 0.25) is 0 Å². The minimum Gasteiger partial charge on any atom is -0.385 e. The normalized spacial score (nSPS) is 26.0. The Labute approximate surface area is 147 Å². The van der Waals surface area contributed by atoms with Crippen LogP contribution in [-0.4, -0.2) is 67.4 Å². The van der Waals surface area contributed by atoms with Crippen molar-refractivity contribution >= 4 is 11.9 Å². The summed E-state index contributed by atoms with van der Waals surface area (Å²) in [4.78, 5) is 27.5. The summed E-state index contributed by atoms with van der Waals surface area (Å²) in [6.45, 7) is 7.21. The number of nitrogens with one attached hydrogen (secondary N) is 2. The lowest BCUT2D eigenvalue weighted by Gasteiger charge is -2.27. The van der Waals surface area contributed by atoms with E-state index in [9.17, 15) is 14.7 Å². The number of urea groups is 1. The van der Waals surface area contributed by atoms with E-state index in [1.54, 1.807) is 6.92 Å². The first-order valence-corrected chi connectivity index (χ1v) is 8.71.